The van der Waals surface area contributed by atoms with E-state index in [1.54, 1.807) is 9.80 Å². The number of benzene rings is 9. The molecule has 0 radical (unpaired) electrons. The molecule has 0 N–H and O–H groups in total. The summed E-state index contributed by atoms with van der Waals surface area (Å²) >= 11 is 0. The Bertz CT molecular complexity index is 3710. The van der Waals surface area contributed by atoms with Crippen molar-refractivity contribution in [3.05, 3.63) is 323 Å². The van der Waals surface area contributed by atoms with E-state index in [4.69, 9.17) is 56.8 Å². The molecule has 9 aromatic carbocycles. The molecule has 0 aliphatic carbocycles. The molecule has 3 fully saturated rings. The fourth-order valence-electron chi connectivity index (χ4n) is 12.4. The van der Waals surface area contributed by atoms with E-state index in [1.165, 1.54) is 0 Å². The van der Waals surface area contributed by atoms with E-state index in [0.717, 1.165) is 50.1 Å². The Morgan fingerprint density at radius 3 is 0.918 bits per heavy atom. The molecule has 12 rings (SSSR count). The Hall–Kier alpha value is -8.88. The minimum absolute atomic E-state index is 0.0286. The van der Waals surface area contributed by atoms with Gasteiger partial charge in [-0.1, -0.05) is 273 Å². The van der Waals surface area contributed by atoms with Gasteiger partial charge in [-0.25, -0.2) is 9.59 Å². The van der Waals surface area contributed by atoms with Crippen LogP contribution in [0.3, 0.4) is 0 Å². The molecule has 16 nitrogen and oxygen atoms in total. The van der Waals surface area contributed by atoms with Crippen LogP contribution in [0.5, 0.6) is 0 Å². The zero-order valence-corrected chi connectivity index (χ0v) is 54.3. The van der Waals surface area contributed by atoms with Crippen LogP contribution in [0.25, 0.3) is 0 Å². The molecule has 3 heterocycles. The van der Waals surface area contributed by atoms with Gasteiger partial charge < -0.3 is 56.8 Å². The standard InChI is InChI=1S/C81H84N2O14/c84-80(93-55-67-42-24-8-25-43-67)82-46-71(89-51-63-34-16-4-17-35-63)74(69(82)57-86-48-60-28-10-1-11-29-60)96-76-73(59-88-50-62-32-14-3-15-33-62)95-79(78(92-54-66-40-22-7-23-41-66)77(76)91-53-65-38-20-6-21-39-65)97-75-70(58-87-49-61-30-12-2-13-31-61)83(81(85)94-56-68-44-26-9-27-45-68)47-72(75)90-52-64-36-18-5-19-37-64/h1-45,69-79H,46-59H2/t69-,70-,71-,72-,73+,74+,75+,76+,77-,78+,79+/m0/s1. The first kappa shape index (κ1) is 68.1. The van der Waals surface area contributed by atoms with Crippen molar-refractivity contribution in [1.82, 2.24) is 9.80 Å². The highest BCUT2D eigenvalue weighted by molar-refractivity contribution is 5.69. The molecule has 0 unspecified atom stereocenters. The lowest BCUT2D eigenvalue weighted by molar-refractivity contribution is -0.346. The third-order valence-corrected chi connectivity index (χ3v) is 17.5. The van der Waals surface area contributed by atoms with E-state index in [-0.39, 0.29) is 92.4 Å². The van der Waals surface area contributed by atoms with Gasteiger partial charge in [0.25, 0.3) is 0 Å². The van der Waals surface area contributed by atoms with Crippen LogP contribution in [-0.4, -0.2) is 122 Å². The fraction of sp³-hybridized carbons (Fsp3) is 0.309. The highest BCUT2D eigenvalue weighted by Crippen LogP contribution is 2.38. The number of nitrogens with zero attached hydrogens (tertiary/aromatic N) is 2. The maximum Gasteiger partial charge on any atom is 0.410 e. The number of carbonyl (C=O) groups excluding carboxylic acids is 2. The van der Waals surface area contributed by atoms with Gasteiger partial charge in [-0.2, -0.15) is 0 Å². The molecular weight excluding hydrogens is 1220 g/mol. The monoisotopic (exact) mass is 1310 g/mol. The van der Waals surface area contributed by atoms with Gasteiger partial charge in [0.1, 0.15) is 62.0 Å². The molecule has 0 aromatic heterocycles. The fourth-order valence-corrected chi connectivity index (χ4v) is 12.4. The minimum Gasteiger partial charge on any atom is -0.445 e. The van der Waals surface area contributed by atoms with Gasteiger partial charge in [-0.3, -0.25) is 9.80 Å². The highest BCUT2D eigenvalue weighted by Gasteiger charge is 2.56. The first-order valence-corrected chi connectivity index (χ1v) is 33.3. The lowest BCUT2D eigenvalue weighted by atomic mass is 9.96. The number of rotatable bonds is 32. The van der Waals surface area contributed by atoms with Gasteiger partial charge in [0.05, 0.1) is 91.2 Å². The number of hydrogen-bond donors (Lipinski definition) is 0. The molecule has 0 bridgehead atoms. The van der Waals surface area contributed by atoms with Gasteiger partial charge in [-0.15, -0.1) is 0 Å². The summed E-state index contributed by atoms with van der Waals surface area (Å²) < 4.78 is 84.1. The molecule has 0 saturated carbocycles. The maximum atomic E-state index is 14.9. The van der Waals surface area contributed by atoms with Gasteiger partial charge >= 0.3 is 12.2 Å². The molecule has 9 aromatic rings. The summed E-state index contributed by atoms with van der Waals surface area (Å²) in [5.74, 6) is 0. The van der Waals surface area contributed by atoms with Crippen LogP contribution < -0.4 is 0 Å². The van der Waals surface area contributed by atoms with E-state index in [9.17, 15) is 9.59 Å². The van der Waals surface area contributed by atoms with Gasteiger partial charge in [0, 0.05) is 0 Å². The number of carbonyl (C=O) groups is 2. The second-order valence-electron chi connectivity index (χ2n) is 24.4. The van der Waals surface area contributed by atoms with Crippen molar-refractivity contribution in [3.63, 3.8) is 0 Å². The lowest BCUT2D eigenvalue weighted by Crippen LogP contribution is -2.64. The van der Waals surface area contributed by atoms with E-state index in [2.05, 4.69) is 0 Å². The first-order valence-electron chi connectivity index (χ1n) is 33.3. The van der Waals surface area contributed by atoms with E-state index in [0.29, 0.717) is 0 Å². The average molecular weight is 1310 g/mol. The van der Waals surface area contributed by atoms with Crippen LogP contribution in [-0.2, 0) is 116 Å². The third kappa shape index (κ3) is 19.7. The minimum atomic E-state index is -1.26. The first-order chi connectivity index (χ1) is 47.9. The summed E-state index contributed by atoms with van der Waals surface area (Å²) in [4.78, 5) is 33.1. The summed E-state index contributed by atoms with van der Waals surface area (Å²) in [6, 6.07) is 86.9. The Balaban J connectivity index is 0.951. The van der Waals surface area contributed by atoms with E-state index >= 15 is 0 Å². The summed E-state index contributed by atoms with van der Waals surface area (Å²) in [6.45, 7) is 1.63. The van der Waals surface area contributed by atoms with Crippen molar-refractivity contribution in [2.45, 2.75) is 127 Å². The highest BCUT2D eigenvalue weighted by atomic mass is 16.7. The summed E-state index contributed by atoms with van der Waals surface area (Å²) in [5, 5.41) is 0. The Morgan fingerprint density at radius 2 is 0.577 bits per heavy atom. The second-order valence-corrected chi connectivity index (χ2v) is 24.4. The van der Waals surface area contributed by atoms with Crippen LogP contribution in [0, 0.1) is 0 Å². The molecule has 2 amide bonds. The van der Waals surface area contributed by atoms with Gasteiger partial charge in [0.2, 0.25) is 0 Å². The van der Waals surface area contributed by atoms with Gasteiger partial charge in [-0.05, 0) is 50.1 Å². The molecule has 16 heteroatoms. The van der Waals surface area contributed by atoms with Crippen LogP contribution in [0.2, 0.25) is 0 Å². The van der Waals surface area contributed by atoms with Crippen LogP contribution in [0.15, 0.2) is 273 Å². The molecule has 11 atom stereocenters. The Labute approximate surface area is 568 Å². The van der Waals surface area contributed by atoms with Crippen LogP contribution in [0.1, 0.15) is 50.1 Å². The Kier molecular flexibility index (Phi) is 25.2. The molecule has 97 heavy (non-hydrogen) atoms. The van der Waals surface area contributed by atoms with Crippen molar-refractivity contribution in [1.29, 1.82) is 0 Å². The molecule has 0 spiro atoms. The van der Waals surface area contributed by atoms with Crippen LogP contribution >= 0.6 is 0 Å². The molecule has 502 valence electrons. The van der Waals surface area contributed by atoms with Crippen molar-refractivity contribution in [2.24, 2.45) is 0 Å². The zero-order chi connectivity index (χ0) is 66.1. The molecular formula is C81H84N2O14. The zero-order valence-electron chi connectivity index (χ0n) is 54.3. The predicted molar refractivity (Wildman–Crippen MR) is 365 cm³/mol. The lowest BCUT2D eigenvalue weighted by Gasteiger charge is -2.48. The molecule has 3 aliphatic rings. The number of amides is 2. The Morgan fingerprint density at radius 1 is 0.299 bits per heavy atom. The van der Waals surface area contributed by atoms with Crippen molar-refractivity contribution in [3.8, 4) is 0 Å². The van der Waals surface area contributed by atoms with E-state index < -0.39 is 79.4 Å². The van der Waals surface area contributed by atoms with E-state index in [1.807, 2.05) is 273 Å². The average Bonchev–Trinajstić information content (AvgIpc) is 1.76. The maximum absolute atomic E-state index is 14.9. The van der Waals surface area contributed by atoms with Crippen LogP contribution in [0.4, 0.5) is 9.59 Å². The topological polar surface area (TPSA) is 151 Å². The number of hydrogen-bond acceptors (Lipinski definition) is 14. The van der Waals surface area contributed by atoms with Crippen molar-refractivity contribution >= 4 is 12.2 Å². The largest absolute Gasteiger partial charge is 0.445 e. The summed E-state index contributed by atoms with van der Waals surface area (Å²) in [5.41, 5.74) is 8.13. The van der Waals surface area contributed by atoms with Crippen molar-refractivity contribution in [2.75, 3.05) is 32.9 Å². The van der Waals surface area contributed by atoms with Crippen molar-refractivity contribution < 1.29 is 66.4 Å². The number of ether oxygens (including phenoxy) is 12. The summed E-state index contributed by atoms with van der Waals surface area (Å²) in [7, 11) is 0. The molecule has 3 aliphatic heterocycles. The SMILES string of the molecule is O=C(OCc1ccccc1)N1C[C@H](OCc2ccccc2)[C@H](O[C@H]2O[C@H](COCc3ccccc3)[C@@H](O[C@H]3[C@@H](OCc4ccccc4)CN(C(=O)OCc4ccccc4)[C@H]3COCc3ccccc3)[C@H](OCc3ccccc3)[C@H]2OCc2ccccc2)[C@@H]1COCc1ccccc1. The normalized spacial score (nSPS) is 22.3. The smallest absolute Gasteiger partial charge is 0.410 e. The summed E-state index contributed by atoms with van der Waals surface area (Å²) in [6.07, 6.45) is -9.84. The second kappa shape index (κ2) is 35.9. The molecule has 3 saturated heterocycles. The van der Waals surface area contributed by atoms with Gasteiger partial charge in [0.15, 0.2) is 6.29 Å². The number of likely N-dealkylation sites (tertiary alicyclic amines) is 2. The third-order valence-electron chi connectivity index (χ3n) is 17.5. The predicted octanol–water partition coefficient (Wildman–Crippen LogP) is 13.9. The quantitative estimate of drug-likeness (QED) is 0.0393.